The summed E-state index contributed by atoms with van der Waals surface area (Å²) in [6.45, 7) is 2.74. The van der Waals surface area contributed by atoms with Crippen LogP contribution >= 0.6 is 0 Å². The molecule has 1 aliphatic rings. The van der Waals surface area contributed by atoms with Crippen molar-refractivity contribution in [2.75, 3.05) is 13.7 Å². The highest BCUT2D eigenvalue weighted by Gasteiger charge is 2.46. The van der Waals surface area contributed by atoms with Gasteiger partial charge < -0.3 is 19.5 Å². The van der Waals surface area contributed by atoms with E-state index in [1.807, 2.05) is 61.5 Å². The number of benzene rings is 3. The van der Waals surface area contributed by atoms with E-state index in [2.05, 4.69) is 0 Å². The first kappa shape index (κ1) is 23.1. The monoisotopic (exact) mass is 457 g/mol. The van der Waals surface area contributed by atoms with E-state index in [4.69, 9.17) is 9.47 Å². The van der Waals surface area contributed by atoms with Gasteiger partial charge in [0, 0.05) is 12.1 Å². The summed E-state index contributed by atoms with van der Waals surface area (Å²) in [6.07, 6.45) is 0.847. The molecule has 1 N–H and O–H groups in total. The highest BCUT2D eigenvalue weighted by Crippen LogP contribution is 2.40. The maximum atomic E-state index is 13.2. The molecule has 1 atom stereocenters. The largest absolute Gasteiger partial charge is 0.507 e. The molecule has 0 aliphatic carbocycles. The van der Waals surface area contributed by atoms with Crippen LogP contribution in [0, 0.1) is 0 Å². The van der Waals surface area contributed by atoms with Crippen molar-refractivity contribution < 1.29 is 24.2 Å². The molecule has 0 aromatic heterocycles. The number of aliphatic hydroxyl groups is 1. The molecule has 4 rings (SSSR count). The molecule has 0 bridgehead atoms. The highest BCUT2D eigenvalue weighted by atomic mass is 16.5. The van der Waals surface area contributed by atoms with Crippen molar-refractivity contribution in [3.63, 3.8) is 0 Å². The minimum atomic E-state index is -0.729. The topological polar surface area (TPSA) is 76.1 Å². The molecule has 1 amide bonds. The van der Waals surface area contributed by atoms with Gasteiger partial charge in [-0.05, 0) is 41.8 Å². The Balaban J connectivity index is 1.79. The van der Waals surface area contributed by atoms with E-state index >= 15 is 0 Å². The summed E-state index contributed by atoms with van der Waals surface area (Å²) in [5.74, 6) is -0.338. The fourth-order valence-corrected chi connectivity index (χ4v) is 4.10. The number of aliphatic hydroxyl groups excluding tert-OH is 1. The van der Waals surface area contributed by atoms with Gasteiger partial charge in [-0.2, -0.15) is 0 Å². The van der Waals surface area contributed by atoms with Gasteiger partial charge >= 0.3 is 0 Å². The Morgan fingerprint density at radius 2 is 1.68 bits per heavy atom. The molecular weight excluding hydrogens is 430 g/mol. The van der Waals surface area contributed by atoms with Gasteiger partial charge in [0.15, 0.2) is 0 Å². The minimum absolute atomic E-state index is 0.0618. The van der Waals surface area contributed by atoms with Gasteiger partial charge in [0.25, 0.3) is 11.7 Å². The van der Waals surface area contributed by atoms with E-state index in [0.717, 1.165) is 17.5 Å². The fraction of sp³-hybridized carbons (Fsp3) is 0.214. The van der Waals surface area contributed by atoms with Crippen LogP contribution in [0.5, 0.6) is 11.5 Å². The van der Waals surface area contributed by atoms with Crippen molar-refractivity contribution in [3.05, 3.63) is 101 Å². The SMILES string of the molecule is CCCOc1cccc(/C(O)=C2/C(=O)C(=O)N(Cc3cccc(OC)c3)C2c2ccccc2)c1. The molecule has 1 heterocycles. The van der Waals surface area contributed by atoms with Gasteiger partial charge in [0.1, 0.15) is 17.3 Å². The van der Waals surface area contributed by atoms with Crippen LogP contribution in [-0.2, 0) is 16.1 Å². The molecule has 1 fully saturated rings. The smallest absolute Gasteiger partial charge is 0.295 e. The van der Waals surface area contributed by atoms with E-state index < -0.39 is 17.7 Å². The van der Waals surface area contributed by atoms with Crippen LogP contribution in [-0.4, -0.2) is 35.4 Å². The zero-order chi connectivity index (χ0) is 24.1. The second-order valence-corrected chi connectivity index (χ2v) is 8.07. The lowest BCUT2D eigenvalue weighted by atomic mass is 9.95. The van der Waals surface area contributed by atoms with Crippen LogP contribution in [0.1, 0.15) is 36.1 Å². The number of rotatable bonds is 8. The van der Waals surface area contributed by atoms with Crippen molar-refractivity contribution in [2.45, 2.75) is 25.9 Å². The third-order valence-corrected chi connectivity index (χ3v) is 5.72. The predicted octanol–water partition coefficient (Wildman–Crippen LogP) is 5.11. The Bertz CT molecular complexity index is 1220. The number of methoxy groups -OCH3 is 1. The summed E-state index contributed by atoms with van der Waals surface area (Å²) >= 11 is 0. The Morgan fingerprint density at radius 3 is 2.41 bits per heavy atom. The van der Waals surface area contributed by atoms with Crippen molar-refractivity contribution in [1.29, 1.82) is 0 Å². The summed E-state index contributed by atoms with van der Waals surface area (Å²) in [6, 6.07) is 22.8. The van der Waals surface area contributed by atoms with E-state index in [1.165, 1.54) is 4.90 Å². The number of Topliss-reactive ketones (excluding diaryl/α,β-unsaturated/α-hetero) is 1. The van der Waals surface area contributed by atoms with E-state index in [0.29, 0.717) is 23.7 Å². The van der Waals surface area contributed by atoms with Gasteiger partial charge in [-0.1, -0.05) is 61.5 Å². The maximum absolute atomic E-state index is 13.2. The number of carbonyl (C=O) groups is 2. The Hall–Kier alpha value is -4.06. The minimum Gasteiger partial charge on any atom is -0.507 e. The van der Waals surface area contributed by atoms with Crippen molar-refractivity contribution in [3.8, 4) is 11.5 Å². The first-order valence-corrected chi connectivity index (χ1v) is 11.2. The third-order valence-electron chi connectivity index (χ3n) is 5.72. The third kappa shape index (κ3) is 4.66. The van der Waals surface area contributed by atoms with Gasteiger partial charge in [-0.3, -0.25) is 9.59 Å². The number of carbonyl (C=O) groups excluding carboxylic acids is 2. The number of ether oxygens (including phenoxy) is 2. The highest BCUT2D eigenvalue weighted by molar-refractivity contribution is 6.46. The molecule has 3 aromatic rings. The number of ketones is 1. The summed E-state index contributed by atoms with van der Waals surface area (Å²) in [7, 11) is 1.58. The van der Waals surface area contributed by atoms with Crippen LogP contribution in [0.4, 0.5) is 0 Å². The molecule has 1 aliphatic heterocycles. The van der Waals surface area contributed by atoms with Crippen LogP contribution in [0.15, 0.2) is 84.4 Å². The van der Waals surface area contributed by atoms with Gasteiger partial charge in [0.05, 0.1) is 25.3 Å². The second kappa shape index (κ2) is 10.3. The number of amides is 1. The van der Waals surface area contributed by atoms with Crippen LogP contribution in [0.3, 0.4) is 0 Å². The molecule has 1 unspecified atom stereocenters. The first-order valence-electron chi connectivity index (χ1n) is 11.2. The van der Waals surface area contributed by atoms with E-state index in [9.17, 15) is 14.7 Å². The van der Waals surface area contributed by atoms with Crippen molar-refractivity contribution in [2.24, 2.45) is 0 Å². The van der Waals surface area contributed by atoms with E-state index in [1.54, 1.807) is 31.4 Å². The average molecular weight is 458 g/mol. The first-order chi connectivity index (χ1) is 16.5. The molecule has 6 nitrogen and oxygen atoms in total. The summed E-state index contributed by atoms with van der Waals surface area (Å²) in [5.41, 5.74) is 2.04. The molecule has 0 saturated carbocycles. The zero-order valence-electron chi connectivity index (χ0n) is 19.2. The molecule has 3 aromatic carbocycles. The van der Waals surface area contributed by atoms with Crippen LogP contribution < -0.4 is 9.47 Å². The van der Waals surface area contributed by atoms with Crippen LogP contribution in [0.2, 0.25) is 0 Å². The molecule has 34 heavy (non-hydrogen) atoms. The lowest BCUT2D eigenvalue weighted by Gasteiger charge is -2.25. The predicted molar refractivity (Wildman–Crippen MR) is 130 cm³/mol. The number of likely N-dealkylation sites (tertiary alicyclic amines) is 1. The Morgan fingerprint density at radius 1 is 0.941 bits per heavy atom. The number of hydrogen-bond donors (Lipinski definition) is 1. The molecular formula is C28H27NO5. The maximum Gasteiger partial charge on any atom is 0.295 e. The summed E-state index contributed by atoms with van der Waals surface area (Å²) in [5, 5.41) is 11.3. The van der Waals surface area contributed by atoms with Crippen molar-refractivity contribution in [1.82, 2.24) is 4.90 Å². The molecule has 174 valence electrons. The molecule has 0 radical (unpaired) electrons. The zero-order valence-corrected chi connectivity index (χ0v) is 19.2. The van der Waals surface area contributed by atoms with Gasteiger partial charge in [0.2, 0.25) is 0 Å². The number of hydrogen-bond acceptors (Lipinski definition) is 5. The van der Waals surface area contributed by atoms with Crippen LogP contribution in [0.25, 0.3) is 5.76 Å². The second-order valence-electron chi connectivity index (χ2n) is 8.07. The standard InChI is InChI=1S/C28H27NO5/c1-3-15-34-23-14-8-12-21(17-23)26(30)24-25(20-10-5-4-6-11-20)29(28(32)27(24)31)18-19-9-7-13-22(16-19)33-2/h4-14,16-17,25,30H,3,15,18H2,1-2H3/b26-24-. The lowest BCUT2D eigenvalue weighted by molar-refractivity contribution is -0.140. The Kier molecular flexibility index (Phi) is 6.97. The molecule has 1 saturated heterocycles. The van der Waals surface area contributed by atoms with Gasteiger partial charge in [-0.25, -0.2) is 0 Å². The fourth-order valence-electron chi connectivity index (χ4n) is 4.10. The number of nitrogens with zero attached hydrogens (tertiary/aromatic N) is 1. The molecule has 0 spiro atoms. The van der Waals surface area contributed by atoms with Crippen molar-refractivity contribution >= 4 is 17.4 Å². The quantitative estimate of drug-likeness (QED) is 0.289. The van der Waals surface area contributed by atoms with E-state index in [-0.39, 0.29) is 17.9 Å². The lowest BCUT2D eigenvalue weighted by Crippen LogP contribution is -2.29. The summed E-state index contributed by atoms with van der Waals surface area (Å²) in [4.78, 5) is 27.9. The van der Waals surface area contributed by atoms with Gasteiger partial charge in [-0.15, -0.1) is 0 Å². The summed E-state index contributed by atoms with van der Waals surface area (Å²) < 4.78 is 11.0. The average Bonchev–Trinajstić information content (AvgIpc) is 3.12. The Labute approximate surface area is 199 Å². The molecule has 6 heteroatoms. The normalized spacial score (nSPS) is 17.1.